The molecule has 0 fully saturated rings. The SMILES string of the molecule is CC[Si](CC)(CC)CC[Si](CCCc1ccc(OC/C(C#CC#Cc2ccccc2)=C(\C#CC#Cc2ccccc2)COc2ccc(CCC[Si](CC[Si](CC)(CC)CC)(CC[Si](CC)(CC)CC)CC[Si](CC)(CC)CC)cc2)cc1)(CC[Si](CC)(CC)CC)CC[Si](CC)(CC)CC. The Hall–Kier alpha value is -3.80. The van der Waals surface area contributed by atoms with Crippen LogP contribution in [0.2, 0.25) is 193 Å². The quantitative estimate of drug-likeness (QED) is 0.0324. The van der Waals surface area contributed by atoms with E-state index in [1.54, 1.807) is 72.5 Å². The van der Waals surface area contributed by atoms with Gasteiger partial charge in [0, 0.05) is 11.1 Å². The Morgan fingerprint density at radius 1 is 0.250 bits per heavy atom. The summed E-state index contributed by atoms with van der Waals surface area (Å²) in [4.78, 5) is 0. The Bertz CT molecular complexity index is 2790. The van der Waals surface area contributed by atoms with Crippen molar-refractivity contribution in [3.8, 4) is 58.9 Å². The van der Waals surface area contributed by atoms with Crippen LogP contribution >= 0.6 is 0 Å². The largest absolute Gasteiger partial charge is 0.488 e. The molecule has 0 unspecified atom stereocenters. The van der Waals surface area contributed by atoms with Gasteiger partial charge in [0.1, 0.15) is 24.7 Å². The lowest BCUT2D eigenvalue weighted by Gasteiger charge is -2.42. The third-order valence-electron chi connectivity index (χ3n) is 28.4. The van der Waals surface area contributed by atoms with Gasteiger partial charge in [-0.2, -0.15) is 0 Å². The Balaban J connectivity index is 1.71. The van der Waals surface area contributed by atoms with Gasteiger partial charge in [0.05, 0.1) is 75.7 Å². The minimum Gasteiger partial charge on any atom is -0.488 e. The minimum absolute atomic E-state index is 0.237. The first-order valence-corrected chi connectivity index (χ1v) is 64.3. The van der Waals surface area contributed by atoms with Crippen molar-refractivity contribution in [1.29, 1.82) is 0 Å². The van der Waals surface area contributed by atoms with Gasteiger partial charge in [-0.3, -0.25) is 0 Å². The van der Waals surface area contributed by atoms with Gasteiger partial charge in [0.2, 0.25) is 0 Å². The first kappa shape index (κ1) is 88.6. The van der Waals surface area contributed by atoms with E-state index in [-0.39, 0.29) is 13.2 Å². The van der Waals surface area contributed by atoms with Crippen LogP contribution in [0.25, 0.3) is 0 Å². The highest BCUT2D eigenvalue weighted by atomic mass is 28.3. The van der Waals surface area contributed by atoms with Crippen LogP contribution in [-0.4, -0.2) is 77.8 Å². The summed E-state index contributed by atoms with van der Waals surface area (Å²) in [5.41, 5.74) is 6.21. The van der Waals surface area contributed by atoms with Crippen molar-refractivity contribution in [3.05, 3.63) is 143 Å². The van der Waals surface area contributed by atoms with Gasteiger partial charge >= 0.3 is 0 Å². The van der Waals surface area contributed by atoms with E-state index in [1.807, 2.05) is 60.7 Å². The Labute approximate surface area is 627 Å². The lowest BCUT2D eigenvalue weighted by Crippen LogP contribution is -2.44. The molecule has 0 aliphatic carbocycles. The van der Waals surface area contributed by atoms with E-state index in [9.17, 15) is 0 Å². The molecule has 0 saturated carbocycles. The van der Waals surface area contributed by atoms with E-state index < -0.39 is 64.6 Å². The molecule has 0 aliphatic heterocycles. The molecular weight excluding hydrogens is 1340 g/mol. The standard InChI is InChI=1S/C90H148O2Si8/c1-19-93(20-2,21-3)69-75-99(76-70-94(22-4,23-5)24-6,77-71-95(25-7,26-8)27-9)67-47-55-85-59-63-89(64-60-85)91-81-87(57-45-43-53-83-49-39-37-40-50-83)88(58-46-44-54-84-51-41-38-42-52-84)82-92-90-65-61-86(62-66-90)56-48-68-100(78-72-96(28-10,29-11)30-12,79-73-97(31-13,32-14)33-15)80-74-98(34-16,35-17)36-18/h37-42,49-52,59-66H,19-36,47-48,55-56,67-82H2,1-18H3/b88-87+. The monoisotopic (exact) mass is 1480 g/mol. The van der Waals surface area contributed by atoms with Gasteiger partial charge in [0.15, 0.2) is 0 Å². The van der Waals surface area contributed by atoms with Crippen molar-refractivity contribution in [2.24, 2.45) is 0 Å². The third kappa shape index (κ3) is 28.2. The highest BCUT2D eigenvalue weighted by molar-refractivity contribution is 6.90. The molecule has 0 aliphatic rings. The average molecular weight is 1490 g/mol. The van der Waals surface area contributed by atoms with Crippen LogP contribution in [-0.2, 0) is 12.8 Å². The van der Waals surface area contributed by atoms with Gasteiger partial charge in [-0.25, -0.2) is 0 Å². The molecular formula is C90H148O2Si8. The van der Waals surface area contributed by atoms with Crippen molar-refractivity contribution >= 4 is 64.6 Å². The maximum atomic E-state index is 6.78. The molecule has 0 spiro atoms. The van der Waals surface area contributed by atoms with Gasteiger partial charge in [-0.15, -0.1) is 0 Å². The van der Waals surface area contributed by atoms with E-state index in [1.165, 1.54) is 145 Å². The maximum Gasteiger partial charge on any atom is 0.122 e. The fraction of sp³-hybridized carbons (Fsp3) is 0.622. The fourth-order valence-corrected chi connectivity index (χ4v) is 63.0. The summed E-state index contributed by atoms with van der Waals surface area (Å²) < 4.78 is 13.6. The van der Waals surface area contributed by atoms with Crippen LogP contribution in [0.3, 0.4) is 0 Å². The predicted molar refractivity (Wildman–Crippen MR) is 472 cm³/mol. The van der Waals surface area contributed by atoms with Gasteiger partial charge in [-0.1, -0.05) is 415 Å². The molecule has 4 rings (SSSR count). The zero-order valence-electron chi connectivity index (χ0n) is 68.1. The lowest BCUT2D eigenvalue weighted by atomic mass is 10.1. The van der Waals surface area contributed by atoms with Crippen LogP contribution in [0, 0.1) is 47.4 Å². The predicted octanol–water partition coefficient (Wildman–Crippen LogP) is 28.4. The summed E-state index contributed by atoms with van der Waals surface area (Å²) in [5, 5.41) is 0. The molecule has 0 radical (unpaired) electrons. The van der Waals surface area contributed by atoms with Crippen LogP contribution in [0.1, 0.15) is 160 Å². The Kier molecular flexibility index (Phi) is 41.6. The molecule has 552 valence electrons. The van der Waals surface area contributed by atoms with Gasteiger partial charge in [0.25, 0.3) is 0 Å². The molecule has 100 heavy (non-hydrogen) atoms. The van der Waals surface area contributed by atoms with Crippen molar-refractivity contribution in [2.75, 3.05) is 13.2 Å². The second-order valence-corrected chi connectivity index (χ2v) is 75.4. The first-order chi connectivity index (χ1) is 48.4. The third-order valence-corrected chi connectivity index (χ3v) is 77.0. The summed E-state index contributed by atoms with van der Waals surface area (Å²) in [6.07, 6.45) is 4.90. The van der Waals surface area contributed by atoms with Gasteiger partial charge in [-0.05, 0) is 96.2 Å². The molecule has 2 nitrogen and oxygen atoms in total. The van der Waals surface area contributed by atoms with E-state index in [0.29, 0.717) is 0 Å². The molecule has 0 aromatic heterocycles. The van der Waals surface area contributed by atoms with Crippen molar-refractivity contribution in [2.45, 2.75) is 344 Å². The van der Waals surface area contributed by atoms with E-state index in [2.05, 4.69) is 221 Å². The number of rotatable bonds is 50. The summed E-state index contributed by atoms with van der Waals surface area (Å²) >= 11 is 0. The molecule has 0 amide bonds. The number of hydrogen-bond acceptors (Lipinski definition) is 2. The average Bonchev–Trinajstić information content (AvgIpc) is 0.823. The van der Waals surface area contributed by atoms with E-state index in [4.69, 9.17) is 9.47 Å². The number of ether oxygens (including phenoxy) is 2. The zero-order chi connectivity index (χ0) is 73.3. The summed E-state index contributed by atoms with van der Waals surface area (Å²) in [7, 11) is -10.7. The van der Waals surface area contributed by atoms with Crippen LogP contribution in [0.4, 0.5) is 0 Å². The molecule has 0 heterocycles. The van der Waals surface area contributed by atoms with Crippen molar-refractivity contribution in [1.82, 2.24) is 0 Å². The Morgan fingerprint density at radius 2 is 0.470 bits per heavy atom. The molecule has 0 bridgehead atoms. The summed E-state index contributed by atoms with van der Waals surface area (Å²) in [6, 6.07) is 86.7. The van der Waals surface area contributed by atoms with Crippen LogP contribution < -0.4 is 9.47 Å². The van der Waals surface area contributed by atoms with Crippen LogP contribution in [0.5, 0.6) is 11.5 Å². The maximum absolute atomic E-state index is 6.78. The molecule has 4 aromatic carbocycles. The fourth-order valence-electron chi connectivity index (χ4n) is 17.4. The van der Waals surface area contributed by atoms with E-state index in [0.717, 1.165) is 46.6 Å². The number of benzene rings is 4. The van der Waals surface area contributed by atoms with Gasteiger partial charge < -0.3 is 9.47 Å². The first-order valence-electron chi connectivity index (χ1n) is 41.7. The normalized spacial score (nSPS) is 12.7. The topological polar surface area (TPSA) is 18.5 Å². The summed E-state index contributed by atoms with van der Waals surface area (Å²) in [5.74, 6) is 27.8. The minimum atomic E-state index is -1.58. The highest BCUT2D eigenvalue weighted by Gasteiger charge is 2.43. The zero-order valence-corrected chi connectivity index (χ0v) is 76.1. The highest BCUT2D eigenvalue weighted by Crippen LogP contribution is 2.45. The second-order valence-electron chi connectivity index (χ2n) is 31.6. The number of aryl methyl sites for hydroxylation is 2. The van der Waals surface area contributed by atoms with Crippen molar-refractivity contribution < 1.29 is 9.47 Å². The Morgan fingerprint density at radius 3 is 0.690 bits per heavy atom. The number of hydrogen-bond donors (Lipinski definition) is 0. The van der Waals surface area contributed by atoms with E-state index >= 15 is 0 Å². The second kappa shape index (κ2) is 46.9. The molecule has 0 atom stereocenters. The van der Waals surface area contributed by atoms with Crippen molar-refractivity contribution in [3.63, 3.8) is 0 Å². The molecule has 4 aromatic rings. The molecule has 0 N–H and O–H groups in total. The summed E-state index contributed by atoms with van der Waals surface area (Å²) in [6.45, 7) is 46.4. The molecule has 0 saturated heterocycles. The smallest absolute Gasteiger partial charge is 0.122 e. The molecule has 10 heteroatoms. The van der Waals surface area contributed by atoms with Crippen LogP contribution in [0.15, 0.2) is 120 Å². The lowest BCUT2D eigenvalue weighted by molar-refractivity contribution is 0.340.